The Morgan fingerprint density at radius 1 is 1.40 bits per heavy atom. The highest BCUT2D eigenvalue weighted by Gasteiger charge is 2.33. The zero-order chi connectivity index (χ0) is 14.3. The molecule has 0 radical (unpaired) electrons. The molecule has 0 aromatic heterocycles. The lowest BCUT2D eigenvalue weighted by molar-refractivity contribution is 0.170. The van der Waals surface area contributed by atoms with E-state index in [1.54, 1.807) is 0 Å². The Balaban J connectivity index is 2.00. The molecule has 2 aliphatic heterocycles. The Labute approximate surface area is 124 Å². The topological polar surface area (TPSA) is 47.7 Å². The van der Waals surface area contributed by atoms with Crippen LogP contribution in [0.4, 0.5) is 0 Å². The number of halogens is 1. The van der Waals surface area contributed by atoms with Crippen molar-refractivity contribution in [2.75, 3.05) is 33.4 Å². The van der Waals surface area contributed by atoms with Crippen LogP contribution in [0.1, 0.15) is 23.6 Å². The van der Waals surface area contributed by atoms with Gasteiger partial charge in [0.15, 0.2) is 11.5 Å². The summed E-state index contributed by atoms with van der Waals surface area (Å²) in [6, 6.07) is 2.36. The lowest BCUT2D eigenvalue weighted by atomic mass is 9.97. The Morgan fingerprint density at radius 3 is 2.85 bits per heavy atom. The van der Waals surface area contributed by atoms with Gasteiger partial charge in [0, 0.05) is 18.2 Å². The Bertz CT molecular complexity index is 521. The van der Waals surface area contributed by atoms with Crippen molar-refractivity contribution in [1.29, 1.82) is 0 Å². The monoisotopic (exact) mass is 296 g/mol. The third-order valence-electron chi connectivity index (χ3n) is 4.35. The van der Waals surface area contributed by atoms with Gasteiger partial charge in [-0.2, -0.15) is 0 Å². The smallest absolute Gasteiger partial charge is 0.165 e. The lowest BCUT2D eigenvalue weighted by Gasteiger charge is -2.26. The van der Waals surface area contributed by atoms with Crippen LogP contribution in [0.15, 0.2) is 6.07 Å². The fraction of sp³-hybridized carbons (Fsp3) is 0.600. The van der Waals surface area contributed by atoms with E-state index in [0.29, 0.717) is 25.2 Å². The van der Waals surface area contributed by atoms with Crippen molar-refractivity contribution in [3.8, 4) is 11.5 Å². The highest BCUT2D eigenvalue weighted by Crippen LogP contribution is 2.45. The highest BCUT2D eigenvalue weighted by atomic mass is 35.5. The number of likely N-dealkylation sites (tertiary alicyclic amines) is 1. The molecule has 2 heterocycles. The molecule has 0 spiro atoms. The minimum Gasteiger partial charge on any atom is -0.486 e. The molecule has 3 rings (SSSR count). The van der Waals surface area contributed by atoms with Gasteiger partial charge in [-0.3, -0.25) is 4.90 Å². The second-order valence-electron chi connectivity index (χ2n) is 5.72. The van der Waals surface area contributed by atoms with E-state index in [1.165, 1.54) is 0 Å². The molecular formula is C15H21ClN2O2. The quantitative estimate of drug-likeness (QED) is 0.910. The van der Waals surface area contributed by atoms with Gasteiger partial charge in [0.25, 0.3) is 0 Å². The van der Waals surface area contributed by atoms with Crippen LogP contribution in [-0.2, 0) is 0 Å². The molecule has 5 heteroatoms. The van der Waals surface area contributed by atoms with Crippen LogP contribution in [-0.4, -0.2) is 38.3 Å². The normalized spacial score (nSPS) is 26.0. The molecule has 0 amide bonds. The van der Waals surface area contributed by atoms with Crippen molar-refractivity contribution in [1.82, 2.24) is 4.90 Å². The van der Waals surface area contributed by atoms with Gasteiger partial charge in [-0.05, 0) is 44.5 Å². The van der Waals surface area contributed by atoms with Crippen LogP contribution in [0, 0.1) is 12.8 Å². The molecule has 0 bridgehead atoms. The van der Waals surface area contributed by atoms with E-state index in [2.05, 4.69) is 11.9 Å². The zero-order valence-corrected chi connectivity index (χ0v) is 12.7. The molecule has 1 saturated heterocycles. The molecule has 1 aromatic rings. The first-order valence-corrected chi connectivity index (χ1v) is 7.48. The van der Waals surface area contributed by atoms with Crippen LogP contribution in [0.25, 0.3) is 0 Å². The van der Waals surface area contributed by atoms with Crippen molar-refractivity contribution >= 4 is 11.6 Å². The summed E-state index contributed by atoms with van der Waals surface area (Å²) in [5, 5.41) is 0.795. The summed E-state index contributed by atoms with van der Waals surface area (Å²) in [5.41, 5.74) is 7.92. The first-order valence-electron chi connectivity index (χ1n) is 7.10. The van der Waals surface area contributed by atoms with Crippen LogP contribution < -0.4 is 15.2 Å². The number of benzene rings is 1. The predicted octanol–water partition coefficient (Wildman–Crippen LogP) is 2.37. The van der Waals surface area contributed by atoms with Crippen LogP contribution in [0.3, 0.4) is 0 Å². The maximum Gasteiger partial charge on any atom is 0.165 e. The molecule has 2 aliphatic rings. The number of fused-ring (bicyclic) bond motifs is 1. The third kappa shape index (κ3) is 2.26. The maximum absolute atomic E-state index is 6.57. The van der Waals surface area contributed by atoms with E-state index >= 15 is 0 Å². The summed E-state index contributed by atoms with van der Waals surface area (Å²) in [4.78, 5) is 2.33. The molecule has 2 unspecified atom stereocenters. The van der Waals surface area contributed by atoms with Gasteiger partial charge >= 0.3 is 0 Å². The Morgan fingerprint density at radius 2 is 2.15 bits per heavy atom. The molecule has 20 heavy (non-hydrogen) atoms. The van der Waals surface area contributed by atoms with E-state index in [0.717, 1.165) is 47.2 Å². The molecular weight excluding hydrogens is 276 g/mol. The Kier molecular flexibility index (Phi) is 3.80. The van der Waals surface area contributed by atoms with Gasteiger partial charge in [0.2, 0.25) is 0 Å². The number of nitrogens with zero attached hydrogens (tertiary/aromatic N) is 1. The molecule has 1 fully saturated rings. The molecule has 2 N–H and O–H groups in total. The Hall–Kier alpha value is -0.970. The fourth-order valence-electron chi connectivity index (χ4n) is 3.24. The van der Waals surface area contributed by atoms with Crippen molar-refractivity contribution in [2.24, 2.45) is 11.7 Å². The zero-order valence-electron chi connectivity index (χ0n) is 12.0. The van der Waals surface area contributed by atoms with Crippen LogP contribution in [0.2, 0.25) is 5.02 Å². The van der Waals surface area contributed by atoms with Gasteiger partial charge in [-0.1, -0.05) is 11.6 Å². The SMILES string of the molecule is Cc1c(Cl)c(C2CC(CN)CN2C)cc2c1OCCO2. The van der Waals surface area contributed by atoms with Gasteiger partial charge in [0.05, 0.1) is 5.02 Å². The molecule has 2 atom stereocenters. The van der Waals surface area contributed by atoms with E-state index in [4.69, 9.17) is 26.8 Å². The van der Waals surface area contributed by atoms with Crippen LogP contribution >= 0.6 is 11.6 Å². The number of hydrogen-bond acceptors (Lipinski definition) is 4. The average Bonchev–Trinajstić information content (AvgIpc) is 2.84. The molecule has 1 aromatic carbocycles. The summed E-state index contributed by atoms with van der Waals surface area (Å²) < 4.78 is 11.4. The van der Waals surface area contributed by atoms with E-state index in [-0.39, 0.29) is 0 Å². The van der Waals surface area contributed by atoms with E-state index in [1.807, 2.05) is 13.0 Å². The standard InChI is InChI=1S/C15H21ClN2O2/c1-9-14(16)11(6-13-15(9)20-4-3-19-13)12-5-10(7-17)8-18(12)2/h6,10,12H,3-5,7-8,17H2,1-2H3. The first-order chi connectivity index (χ1) is 9.61. The number of ether oxygens (including phenoxy) is 2. The second kappa shape index (κ2) is 5.43. The first kappa shape index (κ1) is 14.0. The molecule has 110 valence electrons. The summed E-state index contributed by atoms with van der Waals surface area (Å²) in [7, 11) is 2.13. The van der Waals surface area contributed by atoms with Crippen molar-refractivity contribution in [3.63, 3.8) is 0 Å². The maximum atomic E-state index is 6.57. The molecule has 0 aliphatic carbocycles. The molecule has 0 saturated carbocycles. The highest BCUT2D eigenvalue weighted by molar-refractivity contribution is 6.32. The van der Waals surface area contributed by atoms with Gasteiger partial charge in [-0.15, -0.1) is 0 Å². The van der Waals surface area contributed by atoms with E-state index < -0.39 is 0 Å². The minimum atomic E-state index is 0.311. The van der Waals surface area contributed by atoms with Crippen molar-refractivity contribution in [3.05, 3.63) is 22.2 Å². The van der Waals surface area contributed by atoms with E-state index in [9.17, 15) is 0 Å². The average molecular weight is 297 g/mol. The molecule has 4 nitrogen and oxygen atoms in total. The summed E-state index contributed by atoms with van der Waals surface area (Å²) >= 11 is 6.57. The number of nitrogens with two attached hydrogens (primary N) is 1. The summed E-state index contributed by atoms with van der Waals surface area (Å²) in [6.07, 6.45) is 1.05. The van der Waals surface area contributed by atoms with Gasteiger partial charge < -0.3 is 15.2 Å². The van der Waals surface area contributed by atoms with Gasteiger partial charge in [0.1, 0.15) is 13.2 Å². The van der Waals surface area contributed by atoms with Crippen molar-refractivity contribution in [2.45, 2.75) is 19.4 Å². The summed E-state index contributed by atoms with van der Waals surface area (Å²) in [5.74, 6) is 2.15. The summed E-state index contributed by atoms with van der Waals surface area (Å²) in [6.45, 7) is 4.92. The lowest BCUT2D eigenvalue weighted by Crippen LogP contribution is -2.21. The number of hydrogen-bond donors (Lipinski definition) is 1. The second-order valence-corrected chi connectivity index (χ2v) is 6.10. The predicted molar refractivity (Wildman–Crippen MR) is 79.7 cm³/mol. The van der Waals surface area contributed by atoms with Crippen molar-refractivity contribution < 1.29 is 9.47 Å². The minimum absolute atomic E-state index is 0.311. The number of rotatable bonds is 2. The van der Waals surface area contributed by atoms with Gasteiger partial charge in [-0.25, -0.2) is 0 Å². The third-order valence-corrected chi connectivity index (χ3v) is 4.85. The fourth-order valence-corrected chi connectivity index (χ4v) is 3.50. The van der Waals surface area contributed by atoms with Crippen LogP contribution in [0.5, 0.6) is 11.5 Å². The largest absolute Gasteiger partial charge is 0.486 e.